The summed E-state index contributed by atoms with van der Waals surface area (Å²) in [7, 11) is 1.60. The van der Waals surface area contributed by atoms with Crippen LogP contribution in [0.15, 0.2) is 4.99 Å². The van der Waals surface area contributed by atoms with Crippen molar-refractivity contribution in [3.05, 3.63) is 0 Å². The van der Waals surface area contributed by atoms with E-state index in [9.17, 15) is 0 Å². The summed E-state index contributed by atoms with van der Waals surface area (Å²) in [5.41, 5.74) is 0. The summed E-state index contributed by atoms with van der Waals surface area (Å²) in [5.74, 6) is 1.04. The molecule has 1 rings (SSSR count). The first kappa shape index (κ1) is 6.89. The van der Waals surface area contributed by atoms with Crippen LogP contribution in [0.25, 0.3) is 0 Å². The van der Waals surface area contributed by atoms with E-state index in [0.717, 1.165) is 17.5 Å². The van der Waals surface area contributed by atoms with Gasteiger partial charge in [0.05, 0.1) is 6.54 Å². The molecular weight excluding hydrogens is 138 g/mol. The van der Waals surface area contributed by atoms with E-state index in [1.165, 1.54) is 0 Å². The summed E-state index contributed by atoms with van der Waals surface area (Å²) >= 11 is 1.63. The maximum atomic E-state index is 5.04. The molecule has 0 aromatic rings. The van der Waals surface area contributed by atoms with Gasteiger partial charge in [0.1, 0.15) is 0 Å². The highest BCUT2D eigenvalue weighted by Crippen LogP contribution is 2.11. The predicted molar refractivity (Wildman–Crippen MR) is 37.7 cm³/mol. The van der Waals surface area contributed by atoms with Gasteiger partial charge in [-0.1, -0.05) is 11.8 Å². The van der Waals surface area contributed by atoms with Crippen molar-refractivity contribution in [2.45, 2.75) is 0 Å². The van der Waals surface area contributed by atoms with E-state index in [1.807, 2.05) is 0 Å². The fraction of sp³-hybridized carbons (Fsp3) is 0.800. The first-order valence-corrected chi connectivity index (χ1v) is 3.71. The molecule has 0 radical (unpaired) electrons. The summed E-state index contributed by atoms with van der Waals surface area (Å²) in [6, 6.07) is 0. The van der Waals surface area contributed by atoms with Crippen LogP contribution in [-0.2, 0) is 9.47 Å². The molecule has 0 N–H and O–H groups in total. The second-order valence-corrected chi connectivity index (χ2v) is 2.59. The van der Waals surface area contributed by atoms with Crippen LogP contribution in [0.4, 0.5) is 0 Å². The zero-order valence-electron chi connectivity index (χ0n) is 5.29. The highest BCUT2D eigenvalue weighted by molar-refractivity contribution is 8.13. The van der Waals surface area contributed by atoms with Crippen LogP contribution >= 0.6 is 11.8 Å². The molecule has 52 valence electrons. The fourth-order valence-corrected chi connectivity index (χ4v) is 1.18. The number of aliphatic imine (C=N–C) groups is 1. The third-order valence-electron chi connectivity index (χ3n) is 0.858. The fourth-order valence-electron chi connectivity index (χ4n) is 0.512. The summed E-state index contributed by atoms with van der Waals surface area (Å²) < 4.78 is 9.73. The Kier molecular flexibility index (Phi) is 2.86. The number of hydrogen-bond acceptors (Lipinski definition) is 4. The van der Waals surface area contributed by atoms with Gasteiger partial charge in [0.25, 0.3) is 0 Å². The largest absolute Gasteiger partial charge is 0.446 e. The molecule has 0 saturated heterocycles. The molecular formula is C5H9NO2S. The molecule has 0 saturated carbocycles. The van der Waals surface area contributed by atoms with Gasteiger partial charge in [-0.3, -0.25) is 0 Å². The Labute approximate surface area is 58.4 Å². The van der Waals surface area contributed by atoms with Crippen molar-refractivity contribution in [1.82, 2.24) is 0 Å². The van der Waals surface area contributed by atoms with Gasteiger partial charge in [-0.2, -0.15) is 0 Å². The molecule has 1 aliphatic rings. The molecule has 0 spiro atoms. The Hall–Kier alpha value is -0.220. The predicted octanol–water partition coefficient (Wildman–Crippen LogP) is 0.710. The molecule has 0 aromatic heterocycles. The minimum atomic E-state index is 0.311. The van der Waals surface area contributed by atoms with Crippen LogP contribution in [0.5, 0.6) is 0 Å². The molecule has 0 unspecified atom stereocenters. The SMILES string of the molecule is COCOC1=NCCS1. The van der Waals surface area contributed by atoms with Crippen LogP contribution < -0.4 is 0 Å². The molecule has 0 amide bonds. The number of hydrogen-bond donors (Lipinski definition) is 0. The monoisotopic (exact) mass is 147 g/mol. The third kappa shape index (κ3) is 2.24. The summed E-state index contributed by atoms with van der Waals surface area (Å²) in [6.07, 6.45) is 0. The van der Waals surface area contributed by atoms with Crippen molar-refractivity contribution in [2.75, 3.05) is 26.2 Å². The zero-order valence-corrected chi connectivity index (χ0v) is 6.11. The van der Waals surface area contributed by atoms with E-state index in [2.05, 4.69) is 9.73 Å². The highest BCUT2D eigenvalue weighted by Gasteiger charge is 2.06. The first-order chi connectivity index (χ1) is 4.43. The quantitative estimate of drug-likeness (QED) is 0.539. The van der Waals surface area contributed by atoms with E-state index in [0.29, 0.717) is 6.79 Å². The molecule has 0 atom stereocenters. The lowest BCUT2D eigenvalue weighted by atomic mass is 10.8. The van der Waals surface area contributed by atoms with Gasteiger partial charge < -0.3 is 9.47 Å². The van der Waals surface area contributed by atoms with Crippen molar-refractivity contribution in [3.8, 4) is 0 Å². The smallest absolute Gasteiger partial charge is 0.247 e. The number of nitrogens with zero attached hydrogens (tertiary/aromatic N) is 1. The lowest BCUT2D eigenvalue weighted by molar-refractivity contribution is 0.0457. The summed E-state index contributed by atoms with van der Waals surface area (Å²) in [5, 5.41) is 0.761. The molecule has 4 heteroatoms. The third-order valence-corrected chi connectivity index (χ3v) is 1.74. The molecule has 1 aliphatic heterocycles. The molecule has 9 heavy (non-hydrogen) atoms. The van der Waals surface area contributed by atoms with Crippen LogP contribution in [0, 0.1) is 0 Å². The van der Waals surface area contributed by atoms with Crippen LogP contribution in [0.1, 0.15) is 0 Å². The van der Waals surface area contributed by atoms with Gasteiger partial charge in [0.15, 0.2) is 6.79 Å². The Morgan fingerprint density at radius 3 is 3.22 bits per heavy atom. The van der Waals surface area contributed by atoms with Crippen LogP contribution in [0.3, 0.4) is 0 Å². The number of methoxy groups -OCH3 is 1. The number of rotatable bonds is 2. The van der Waals surface area contributed by atoms with Gasteiger partial charge in [-0.05, 0) is 0 Å². The normalized spacial score (nSPS) is 17.7. The van der Waals surface area contributed by atoms with Crippen LogP contribution in [-0.4, -0.2) is 31.4 Å². The number of ether oxygens (including phenoxy) is 2. The van der Waals surface area contributed by atoms with Crippen molar-refractivity contribution in [1.29, 1.82) is 0 Å². The minimum Gasteiger partial charge on any atom is -0.446 e. The Morgan fingerprint density at radius 2 is 2.67 bits per heavy atom. The van der Waals surface area contributed by atoms with E-state index in [4.69, 9.17) is 4.74 Å². The Balaban J connectivity index is 2.11. The lowest BCUT2D eigenvalue weighted by Crippen LogP contribution is -2.00. The van der Waals surface area contributed by atoms with Crippen LogP contribution in [0.2, 0.25) is 0 Å². The van der Waals surface area contributed by atoms with Gasteiger partial charge >= 0.3 is 0 Å². The maximum absolute atomic E-state index is 5.04. The number of thioether (sulfide) groups is 1. The van der Waals surface area contributed by atoms with Crippen molar-refractivity contribution in [2.24, 2.45) is 4.99 Å². The lowest BCUT2D eigenvalue weighted by Gasteiger charge is -2.00. The second kappa shape index (κ2) is 3.74. The standard InChI is InChI=1S/C5H9NO2S/c1-7-4-8-5-6-2-3-9-5/h2-4H2,1H3. The van der Waals surface area contributed by atoms with Crippen molar-refractivity contribution in [3.63, 3.8) is 0 Å². The van der Waals surface area contributed by atoms with Crippen molar-refractivity contribution < 1.29 is 9.47 Å². The zero-order chi connectivity index (χ0) is 6.53. The van der Waals surface area contributed by atoms with E-state index >= 15 is 0 Å². The van der Waals surface area contributed by atoms with E-state index < -0.39 is 0 Å². The molecule has 0 fully saturated rings. The summed E-state index contributed by atoms with van der Waals surface area (Å²) in [4.78, 5) is 4.05. The summed E-state index contributed by atoms with van der Waals surface area (Å²) in [6.45, 7) is 1.19. The van der Waals surface area contributed by atoms with Gasteiger partial charge in [-0.15, -0.1) is 0 Å². The average molecular weight is 147 g/mol. The molecule has 3 nitrogen and oxygen atoms in total. The maximum Gasteiger partial charge on any atom is 0.247 e. The van der Waals surface area contributed by atoms with Crippen molar-refractivity contribution >= 4 is 17.0 Å². The highest BCUT2D eigenvalue weighted by atomic mass is 32.2. The average Bonchev–Trinajstić information content (AvgIpc) is 2.34. The topological polar surface area (TPSA) is 30.8 Å². The molecule has 1 heterocycles. The molecule has 0 aliphatic carbocycles. The van der Waals surface area contributed by atoms with Gasteiger partial charge in [0, 0.05) is 12.9 Å². The molecule has 0 bridgehead atoms. The Morgan fingerprint density at radius 1 is 1.78 bits per heavy atom. The van der Waals surface area contributed by atoms with Gasteiger partial charge in [-0.25, -0.2) is 4.99 Å². The minimum absolute atomic E-state index is 0.311. The van der Waals surface area contributed by atoms with E-state index in [-0.39, 0.29) is 0 Å². The Bertz CT molecular complexity index is 116. The van der Waals surface area contributed by atoms with Gasteiger partial charge in [0.2, 0.25) is 5.23 Å². The second-order valence-electron chi connectivity index (χ2n) is 1.55. The van der Waals surface area contributed by atoms with E-state index in [1.54, 1.807) is 18.9 Å². The first-order valence-electron chi connectivity index (χ1n) is 2.72. The molecule has 0 aromatic carbocycles.